The van der Waals surface area contributed by atoms with Gasteiger partial charge in [0, 0.05) is 19.1 Å². The van der Waals surface area contributed by atoms with E-state index in [4.69, 9.17) is 0 Å². The highest BCUT2D eigenvalue weighted by Crippen LogP contribution is 2.46. The summed E-state index contributed by atoms with van der Waals surface area (Å²) in [5, 5.41) is 0. The Kier molecular flexibility index (Phi) is 3.42. The van der Waals surface area contributed by atoms with Crippen LogP contribution < -0.4 is 0 Å². The van der Waals surface area contributed by atoms with Crippen LogP contribution in [-0.4, -0.2) is 46.0 Å². The van der Waals surface area contributed by atoms with Crippen molar-refractivity contribution in [1.29, 1.82) is 0 Å². The highest BCUT2D eigenvalue weighted by molar-refractivity contribution is 6.11. The van der Waals surface area contributed by atoms with Gasteiger partial charge in [-0.15, -0.1) is 0 Å². The van der Waals surface area contributed by atoms with E-state index in [0.29, 0.717) is 13.1 Å². The van der Waals surface area contributed by atoms with Gasteiger partial charge in [-0.3, -0.25) is 24.2 Å². The van der Waals surface area contributed by atoms with E-state index in [9.17, 15) is 14.4 Å². The first-order valence-electron chi connectivity index (χ1n) is 8.41. The molecule has 1 aromatic carbocycles. The van der Waals surface area contributed by atoms with Crippen LogP contribution in [0.2, 0.25) is 0 Å². The number of aryl methyl sites for hydroxylation is 1. The minimum absolute atomic E-state index is 0.0643. The van der Waals surface area contributed by atoms with E-state index in [-0.39, 0.29) is 23.6 Å². The second kappa shape index (κ2) is 5.38. The van der Waals surface area contributed by atoms with Crippen LogP contribution in [0.4, 0.5) is 0 Å². The molecule has 0 radical (unpaired) electrons. The standard InChI is InChI=1S/C19H20N2O3/c1-3-20-18(23)15-13-7-8-14(22)17(16(15)19(20)24)21(13)10-12-6-4-5-11(2)9-12/h4-9,13,15-17H,3,10H2,1-2H3. The quantitative estimate of drug-likeness (QED) is 0.787. The third kappa shape index (κ3) is 2.01. The van der Waals surface area contributed by atoms with Crippen molar-refractivity contribution in [2.45, 2.75) is 32.5 Å². The Labute approximate surface area is 140 Å². The molecule has 2 bridgehead atoms. The lowest BCUT2D eigenvalue weighted by atomic mass is 9.90. The number of nitrogens with zero attached hydrogens (tertiary/aromatic N) is 2. The second-order valence-electron chi connectivity index (χ2n) is 6.83. The first kappa shape index (κ1) is 15.3. The zero-order valence-electron chi connectivity index (χ0n) is 13.8. The Morgan fingerprint density at radius 1 is 1.08 bits per heavy atom. The summed E-state index contributed by atoms with van der Waals surface area (Å²) in [4.78, 5) is 41.2. The summed E-state index contributed by atoms with van der Waals surface area (Å²) < 4.78 is 0. The Morgan fingerprint density at radius 2 is 1.83 bits per heavy atom. The molecule has 0 spiro atoms. The third-order valence-corrected chi connectivity index (χ3v) is 5.45. The van der Waals surface area contributed by atoms with Gasteiger partial charge in [-0.05, 0) is 25.5 Å². The number of likely N-dealkylation sites (tertiary alicyclic amines) is 1. The van der Waals surface area contributed by atoms with Crippen molar-refractivity contribution in [2.75, 3.05) is 6.54 Å². The summed E-state index contributed by atoms with van der Waals surface area (Å²) in [6, 6.07) is 7.43. The Hall–Kier alpha value is -2.27. The molecule has 5 nitrogen and oxygen atoms in total. The molecule has 2 amide bonds. The zero-order valence-corrected chi connectivity index (χ0v) is 13.8. The fourth-order valence-electron chi connectivity index (χ4n) is 4.46. The van der Waals surface area contributed by atoms with Gasteiger partial charge < -0.3 is 0 Å². The van der Waals surface area contributed by atoms with Crippen LogP contribution in [0.5, 0.6) is 0 Å². The molecule has 0 saturated carbocycles. The summed E-state index contributed by atoms with van der Waals surface area (Å²) >= 11 is 0. The normalized spacial score (nSPS) is 31.9. The van der Waals surface area contributed by atoms with Gasteiger partial charge in [-0.1, -0.05) is 35.9 Å². The van der Waals surface area contributed by atoms with Gasteiger partial charge in [-0.2, -0.15) is 0 Å². The van der Waals surface area contributed by atoms with Crippen LogP contribution in [0.25, 0.3) is 0 Å². The van der Waals surface area contributed by atoms with Crippen LogP contribution in [0.15, 0.2) is 36.4 Å². The number of hydrogen-bond donors (Lipinski definition) is 0. The molecule has 1 aromatic rings. The fourth-order valence-corrected chi connectivity index (χ4v) is 4.46. The molecule has 3 heterocycles. The van der Waals surface area contributed by atoms with Crippen LogP contribution in [0, 0.1) is 18.8 Å². The van der Waals surface area contributed by atoms with Crippen molar-refractivity contribution in [3.05, 3.63) is 47.5 Å². The van der Waals surface area contributed by atoms with E-state index < -0.39 is 17.9 Å². The van der Waals surface area contributed by atoms with Crippen molar-refractivity contribution >= 4 is 17.6 Å². The number of ketones is 1. The van der Waals surface area contributed by atoms with Gasteiger partial charge in [0.15, 0.2) is 5.78 Å². The van der Waals surface area contributed by atoms with Gasteiger partial charge in [0.2, 0.25) is 11.8 Å². The maximum Gasteiger partial charge on any atom is 0.235 e. The van der Waals surface area contributed by atoms with Crippen molar-refractivity contribution < 1.29 is 14.4 Å². The average molecular weight is 324 g/mol. The van der Waals surface area contributed by atoms with Crippen LogP contribution in [0.3, 0.4) is 0 Å². The van der Waals surface area contributed by atoms with Crippen LogP contribution in [-0.2, 0) is 20.9 Å². The number of amides is 2. The minimum atomic E-state index is -0.533. The van der Waals surface area contributed by atoms with E-state index in [1.165, 1.54) is 4.90 Å². The number of imide groups is 1. The maximum absolute atomic E-state index is 12.7. The zero-order chi connectivity index (χ0) is 17.0. The van der Waals surface area contributed by atoms with E-state index in [0.717, 1.165) is 11.1 Å². The highest BCUT2D eigenvalue weighted by Gasteiger charge is 2.63. The van der Waals surface area contributed by atoms with Gasteiger partial charge in [-0.25, -0.2) is 0 Å². The number of hydrogen-bond acceptors (Lipinski definition) is 4. The van der Waals surface area contributed by atoms with Crippen LogP contribution in [0.1, 0.15) is 18.1 Å². The van der Waals surface area contributed by atoms with Crippen molar-refractivity contribution in [2.24, 2.45) is 11.8 Å². The van der Waals surface area contributed by atoms with Gasteiger partial charge in [0.05, 0.1) is 17.9 Å². The van der Waals surface area contributed by atoms with Gasteiger partial charge in [0.1, 0.15) is 0 Å². The summed E-state index contributed by atoms with van der Waals surface area (Å²) in [5.41, 5.74) is 2.25. The van der Waals surface area contributed by atoms with Crippen molar-refractivity contribution in [3.63, 3.8) is 0 Å². The lowest BCUT2D eigenvalue weighted by Crippen LogP contribution is -2.48. The molecule has 24 heavy (non-hydrogen) atoms. The molecule has 3 aliphatic rings. The molecule has 2 saturated heterocycles. The maximum atomic E-state index is 12.7. The van der Waals surface area contributed by atoms with Gasteiger partial charge >= 0.3 is 0 Å². The van der Waals surface area contributed by atoms with E-state index in [1.54, 1.807) is 13.0 Å². The molecule has 2 fully saturated rings. The SMILES string of the molecule is CCN1C(=O)C2C(C1=O)C1C(=O)C=CC2N1Cc1cccc(C)c1. The number of carbonyl (C=O) groups is 3. The fraction of sp³-hybridized carbons (Fsp3) is 0.421. The van der Waals surface area contributed by atoms with E-state index in [1.807, 2.05) is 36.1 Å². The lowest BCUT2D eigenvalue weighted by Gasteiger charge is -2.33. The highest BCUT2D eigenvalue weighted by atomic mass is 16.2. The number of rotatable bonds is 3. The minimum Gasteiger partial charge on any atom is -0.293 e. The molecule has 3 aliphatic heterocycles. The number of benzene rings is 1. The molecule has 4 rings (SSSR count). The number of carbonyl (C=O) groups excluding carboxylic acids is 3. The summed E-state index contributed by atoms with van der Waals surface area (Å²) in [6.45, 7) is 4.78. The summed E-state index contributed by atoms with van der Waals surface area (Å²) in [7, 11) is 0. The third-order valence-electron chi connectivity index (χ3n) is 5.45. The van der Waals surface area contributed by atoms with Crippen molar-refractivity contribution in [1.82, 2.24) is 9.80 Å². The molecular formula is C19H20N2O3. The largest absolute Gasteiger partial charge is 0.293 e. The predicted molar refractivity (Wildman–Crippen MR) is 87.8 cm³/mol. The Morgan fingerprint density at radius 3 is 2.54 bits per heavy atom. The molecule has 0 aromatic heterocycles. The molecule has 0 N–H and O–H groups in total. The van der Waals surface area contributed by atoms with Crippen LogP contribution >= 0.6 is 0 Å². The number of fused-ring (bicyclic) bond motifs is 5. The summed E-state index contributed by atoms with van der Waals surface area (Å²) in [6.07, 6.45) is 3.36. The van der Waals surface area contributed by atoms with E-state index >= 15 is 0 Å². The molecular weight excluding hydrogens is 304 g/mol. The molecule has 4 atom stereocenters. The Balaban J connectivity index is 1.71. The average Bonchev–Trinajstić information content (AvgIpc) is 2.92. The first-order chi connectivity index (χ1) is 11.5. The summed E-state index contributed by atoms with van der Waals surface area (Å²) in [5.74, 6) is -1.34. The predicted octanol–water partition coefficient (Wildman–Crippen LogP) is 1.31. The topological polar surface area (TPSA) is 57.7 Å². The van der Waals surface area contributed by atoms with Gasteiger partial charge in [0.25, 0.3) is 0 Å². The smallest absolute Gasteiger partial charge is 0.235 e. The molecule has 5 heteroatoms. The van der Waals surface area contributed by atoms with E-state index in [2.05, 4.69) is 6.07 Å². The second-order valence-corrected chi connectivity index (χ2v) is 6.83. The lowest BCUT2D eigenvalue weighted by molar-refractivity contribution is -0.142. The van der Waals surface area contributed by atoms with Crippen molar-refractivity contribution in [3.8, 4) is 0 Å². The molecule has 4 unspecified atom stereocenters. The first-order valence-corrected chi connectivity index (χ1v) is 8.41. The monoisotopic (exact) mass is 324 g/mol. The molecule has 0 aliphatic carbocycles. The molecule has 124 valence electrons. The Bertz CT molecular complexity index is 770.